The fourth-order valence-corrected chi connectivity index (χ4v) is 2.06. The Morgan fingerprint density at radius 2 is 1.95 bits per heavy atom. The average Bonchev–Trinajstić information content (AvgIpc) is 2.38. The summed E-state index contributed by atoms with van der Waals surface area (Å²) >= 11 is 0. The lowest BCUT2D eigenvalue weighted by Crippen LogP contribution is -2.39. The van der Waals surface area contributed by atoms with Crippen molar-refractivity contribution < 1.29 is 14.3 Å². The first kappa shape index (κ1) is 17.4. The molecule has 116 valence electrons. The summed E-state index contributed by atoms with van der Waals surface area (Å²) in [5, 5.41) is 12.1. The SMILES string of the molecule is CC(C)(C)CC(CO)NC(=O)C/C=C/c1ccc(F)cc1. The lowest BCUT2D eigenvalue weighted by atomic mass is 9.88. The molecule has 1 amide bonds. The number of aliphatic hydroxyl groups excluding tert-OH is 1. The number of benzene rings is 1. The monoisotopic (exact) mass is 293 g/mol. The Kier molecular flexibility index (Phi) is 6.56. The van der Waals surface area contributed by atoms with E-state index in [1.807, 2.05) is 0 Å². The molecule has 0 fully saturated rings. The number of hydrogen-bond donors (Lipinski definition) is 2. The van der Waals surface area contributed by atoms with Crippen molar-refractivity contribution in [2.75, 3.05) is 6.61 Å². The molecule has 3 nitrogen and oxygen atoms in total. The van der Waals surface area contributed by atoms with Crippen molar-refractivity contribution in [3.8, 4) is 0 Å². The summed E-state index contributed by atoms with van der Waals surface area (Å²) in [6.45, 7) is 6.13. The van der Waals surface area contributed by atoms with E-state index in [0.29, 0.717) is 0 Å². The van der Waals surface area contributed by atoms with Crippen molar-refractivity contribution in [2.45, 2.75) is 39.7 Å². The molecular weight excluding hydrogens is 269 g/mol. The number of halogens is 1. The topological polar surface area (TPSA) is 49.3 Å². The van der Waals surface area contributed by atoms with Gasteiger partial charge in [0.2, 0.25) is 5.91 Å². The van der Waals surface area contributed by atoms with Gasteiger partial charge < -0.3 is 10.4 Å². The van der Waals surface area contributed by atoms with Crippen molar-refractivity contribution in [1.82, 2.24) is 5.32 Å². The highest BCUT2D eigenvalue weighted by molar-refractivity contribution is 5.78. The molecule has 21 heavy (non-hydrogen) atoms. The van der Waals surface area contributed by atoms with Crippen LogP contribution in [-0.4, -0.2) is 23.7 Å². The Morgan fingerprint density at radius 3 is 2.48 bits per heavy atom. The second-order valence-electron chi connectivity index (χ2n) is 6.37. The summed E-state index contributed by atoms with van der Waals surface area (Å²) in [5.41, 5.74) is 0.891. The van der Waals surface area contributed by atoms with Crippen LogP contribution in [0, 0.1) is 11.2 Å². The largest absolute Gasteiger partial charge is 0.394 e. The number of carbonyl (C=O) groups excluding carboxylic acids is 1. The highest BCUT2D eigenvalue weighted by atomic mass is 19.1. The second kappa shape index (κ2) is 7.93. The minimum atomic E-state index is -0.280. The van der Waals surface area contributed by atoms with E-state index in [1.54, 1.807) is 24.3 Å². The van der Waals surface area contributed by atoms with E-state index in [0.717, 1.165) is 12.0 Å². The van der Waals surface area contributed by atoms with Crippen LogP contribution in [0.5, 0.6) is 0 Å². The molecule has 0 bridgehead atoms. The summed E-state index contributed by atoms with van der Waals surface area (Å²) < 4.78 is 12.7. The predicted molar refractivity (Wildman–Crippen MR) is 83.1 cm³/mol. The molecule has 2 N–H and O–H groups in total. The number of rotatable bonds is 6. The van der Waals surface area contributed by atoms with Crippen LogP contribution in [-0.2, 0) is 4.79 Å². The highest BCUT2D eigenvalue weighted by Gasteiger charge is 2.19. The number of nitrogens with one attached hydrogen (secondary N) is 1. The van der Waals surface area contributed by atoms with Gasteiger partial charge in [-0.15, -0.1) is 0 Å². The zero-order chi connectivity index (χ0) is 15.9. The van der Waals surface area contributed by atoms with Gasteiger partial charge in [0.05, 0.1) is 12.6 Å². The van der Waals surface area contributed by atoms with Crippen LogP contribution in [0.2, 0.25) is 0 Å². The molecule has 0 heterocycles. The van der Waals surface area contributed by atoms with Crippen molar-refractivity contribution in [2.24, 2.45) is 5.41 Å². The summed E-state index contributed by atoms with van der Waals surface area (Å²) in [5.74, 6) is -0.408. The lowest BCUT2D eigenvalue weighted by molar-refractivity contribution is -0.121. The molecular formula is C17H24FNO2. The van der Waals surface area contributed by atoms with Crippen LogP contribution in [0.1, 0.15) is 39.2 Å². The van der Waals surface area contributed by atoms with Gasteiger partial charge in [0, 0.05) is 6.42 Å². The molecule has 0 spiro atoms. The van der Waals surface area contributed by atoms with Crippen molar-refractivity contribution >= 4 is 12.0 Å². The molecule has 0 aliphatic rings. The summed E-state index contributed by atoms with van der Waals surface area (Å²) in [6.07, 6.45) is 4.46. The molecule has 0 radical (unpaired) electrons. The normalized spacial score (nSPS) is 13.4. The Bertz CT molecular complexity index is 475. The van der Waals surface area contributed by atoms with Gasteiger partial charge in [-0.25, -0.2) is 4.39 Å². The number of carbonyl (C=O) groups is 1. The molecule has 1 atom stereocenters. The summed E-state index contributed by atoms with van der Waals surface area (Å²) in [4.78, 5) is 11.8. The van der Waals surface area contributed by atoms with Crippen LogP contribution in [0.15, 0.2) is 30.3 Å². The average molecular weight is 293 g/mol. The van der Waals surface area contributed by atoms with E-state index in [1.165, 1.54) is 12.1 Å². The van der Waals surface area contributed by atoms with E-state index < -0.39 is 0 Å². The van der Waals surface area contributed by atoms with Crippen LogP contribution in [0.4, 0.5) is 4.39 Å². The Balaban J connectivity index is 2.44. The van der Waals surface area contributed by atoms with Crippen LogP contribution in [0.25, 0.3) is 6.08 Å². The van der Waals surface area contributed by atoms with Gasteiger partial charge >= 0.3 is 0 Å². The molecule has 4 heteroatoms. The van der Waals surface area contributed by atoms with Gasteiger partial charge in [0.25, 0.3) is 0 Å². The molecule has 1 rings (SSSR count). The third-order valence-electron chi connectivity index (χ3n) is 2.93. The first-order chi connectivity index (χ1) is 9.80. The standard InChI is InChI=1S/C17H24FNO2/c1-17(2,3)11-15(12-20)19-16(21)6-4-5-13-7-9-14(18)10-8-13/h4-5,7-10,15,20H,6,11-12H2,1-3H3,(H,19,21)/b5-4+. The molecule has 1 aromatic rings. The van der Waals surface area contributed by atoms with Gasteiger partial charge in [0.15, 0.2) is 0 Å². The first-order valence-corrected chi connectivity index (χ1v) is 7.12. The van der Waals surface area contributed by atoms with Crippen LogP contribution >= 0.6 is 0 Å². The summed E-state index contributed by atoms with van der Waals surface area (Å²) in [7, 11) is 0. The third-order valence-corrected chi connectivity index (χ3v) is 2.93. The zero-order valence-electron chi connectivity index (χ0n) is 12.9. The first-order valence-electron chi connectivity index (χ1n) is 7.12. The minimum absolute atomic E-state index is 0.0463. The lowest BCUT2D eigenvalue weighted by Gasteiger charge is -2.25. The van der Waals surface area contributed by atoms with E-state index >= 15 is 0 Å². The third kappa shape index (κ3) is 7.61. The second-order valence-corrected chi connectivity index (χ2v) is 6.37. The van der Waals surface area contributed by atoms with E-state index in [9.17, 15) is 14.3 Å². The molecule has 1 unspecified atom stereocenters. The zero-order valence-corrected chi connectivity index (χ0v) is 12.9. The fraction of sp³-hybridized carbons (Fsp3) is 0.471. The number of hydrogen-bond acceptors (Lipinski definition) is 2. The summed E-state index contributed by atoms with van der Waals surface area (Å²) in [6, 6.07) is 5.84. The van der Waals surface area contributed by atoms with Crippen molar-refractivity contribution in [1.29, 1.82) is 0 Å². The van der Waals surface area contributed by atoms with Crippen molar-refractivity contribution in [3.63, 3.8) is 0 Å². The minimum Gasteiger partial charge on any atom is -0.394 e. The molecule has 0 aromatic heterocycles. The molecule has 0 saturated heterocycles. The Labute approximate surface area is 125 Å². The molecule has 0 aliphatic carbocycles. The predicted octanol–water partition coefficient (Wildman–Crippen LogP) is 3.14. The smallest absolute Gasteiger partial charge is 0.224 e. The maximum Gasteiger partial charge on any atom is 0.224 e. The van der Waals surface area contributed by atoms with Crippen LogP contribution < -0.4 is 5.32 Å². The van der Waals surface area contributed by atoms with E-state index in [2.05, 4.69) is 26.1 Å². The Morgan fingerprint density at radius 1 is 1.33 bits per heavy atom. The van der Waals surface area contributed by atoms with Crippen molar-refractivity contribution in [3.05, 3.63) is 41.7 Å². The van der Waals surface area contributed by atoms with Gasteiger partial charge in [-0.05, 0) is 29.5 Å². The number of amides is 1. The van der Waals surface area contributed by atoms with Crippen LogP contribution in [0.3, 0.4) is 0 Å². The molecule has 0 saturated carbocycles. The quantitative estimate of drug-likeness (QED) is 0.846. The van der Waals surface area contributed by atoms with Gasteiger partial charge in [0.1, 0.15) is 5.82 Å². The molecule has 1 aromatic carbocycles. The maximum atomic E-state index is 12.7. The van der Waals surface area contributed by atoms with E-state index in [4.69, 9.17) is 0 Å². The van der Waals surface area contributed by atoms with E-state index in [-0.39, 0.29) is 36.2 Å². The van der Waals surface area contributed by atoms with Gasteiger partial charge in [-0.3, -0.25) is 4.79 Å². The fourth-order valence-electron chi connectivity index (χ4n) is 2.06. The Hall–Kier alpha value is -1.68. The highest BCUT2D eigenvalue weighted by Crippen LogP contribution is 2.20. The van der Waals surface area contributed by atoms with Gasteiger partial charge in [-0.1, -0.05) is 45.1 Å². The maximum absolute atomic E-state index is 12.7. The molecule has 0 aliphatic heterocycles. The van der Waals surface area contributed by atoms with Gasteiger partial charge in [-0.2, -0.15) is 0 Å². The number of aliphatic hydroxyl groups is 1.